The molecule has 1 aromatic heterocycles. The highest BCUT2D eigenvalue weighted by atomic mass is 35.5. The minimum atomic E-state index is 0.505. The summed E-state index contributed by atoms with van der Waals surface area (Å²) in [6.07, 6.45) is 0. The molecular weight excluding hydrogens is 299 g/mol. The van der Waals surface area contributed by atoms with Crippen LogP contribution in [0.3, 0.4) is 0 Å². The number of rotatable bonds is 3. The molecule has 0 fully saturated rings. The number of ether oxygens (including phenoxy) is 1. The molecule has 0 aliphatic rings. The van der Waals surface area contributed by atoms with Gasteiger partial charge in [-0.3, -0.25) is 0 Å². The van der Waals surface area contributed by atoms with Gasteiger partial charge >= 0.3 is 0 Å². The number of halogens is 2. The average Bonchev–Trinajstić information content (AvgIpc) is 2.83. The molecule has 0 unspecified atom stereocenters. The Morgan fingerprint density at radius 1 is 1.00 bits per heavy atom. The van der Waals surface area contributed by atoms with E-state index in [1.54, 1.807) is 11.3 Å². The van der Waals surface area contributed by atoms with Gasteiger partial charge in [-0.05, 0) is 41.8 Å². The van der Waals surface area contributed by atoms with Crippen molar-refractivity contribution in [2.24, 2.45) is 0 Å². The van der Waals surface area contributed by atoms with Gasteiger partial charge in [0.25, 0.3) is 0 Å². The standard InChI is InChI=1S/C15H10Cl2OS/c16-11-4-6-12(7-5-11)18-8-10-9-19-14-3-1-2-13(17)15(10)14/h1-7,9H,8H2. The van der Waals surface area contributed by atoms with Crippen LogP contribution < -0.4 is 4.74 Å². The molecule has 96 valence electrons. The lowest BCUT2D eigenvalue weighted by molar-refractivity contribution is 0.308. The van der Waals surface area contributed by atoms with Gasteiger partial charge in [-0.25, -0.2) is 0 Å². The van der Waals surface area contributed by atoms with Crippen LogP contribution in [0.2, 0.25) is 10.0 Å². The Kier molecular flexibility index (Phi) is 3.65. The van der Waals surface area contributed by atoms with E-state index in [-0.39, 0.29) is 0 Å². The van der Waals surface area contributed by atoms with Crippen LogP contribution in [0, 0.1) is 0 Å². The van der Waals surface area contributed by atoms with Crippen LogP contribution in [0.4, 0.5) is 0 Å². The first-order valence-electron chi connectivity index (χ1n) is 5.77. The molecule has 0 aliphatic carbocycles. The first-order valence-corrected chi connectivity index (χ1v) is 7.40. The largest absolute Gasteiger partial charge is 0.489 e. The number of benzene rings is 2. The van der Waals surface area contributed by atoms with Gasteiger partial charge in [-0.2, -0.15) is 0 Å². The van der Waals surface area contributed by atoms with Crippen molar-refractivity contribution < 1.29 is 4.74 Å². The first-order chi connectivity index (χ1) is 9.24. The van der Waals surface area contributed by atoms with Crippen molar-refractivity contribution in [1.29, 1.82) is 0 Å². The van der Waals surface area contributed by atoms with E-state index in [0.717, 1.165) is 21.7 Å². The van der Waals surface area contributed by atoms with E-state index in [9.17, 15) is 0 Å². The lowest BCUT2D eigenvalue weighted by Crippen LogP contribution is -1.94. The molecule has 0 saturated carbocycles. The lowest BCUT2D eigenvalue weighted by Gasteiger charge is -2.06. The predicted molar refractivity (Wildman–Crippen MR) is 82.6 cm³/mol. The Balaban J connectivity index is 1.84. The summed E-state index contributed by atoms with van der Waals surface area (Å²) in [4.78, 5) is 0. The highest BCUT2D eigenvalue weighted by molar-refractivity contribution is 7.17. The van der Waals surface area contributed by atoms with Crippen molar-refractivity contribution >= 4 is 44.6 Å². The van der Waals surface area contributed by atoms with E-state index in [4.69, 9.17) is 27.9 Å². The summed E-state index contributed by atoms with van der Waals surface area (Å²) in [5.74, 6) is 0.802. The third kappa shape index (κ3) is 2.71. The van der Waals surface area contributed by atoms with E-state index < -0.39 is 0 Å². The molecule has 0 spiro atoms. The van der Waals surface area contributed by atoms with Crippen molar-refractivity contribution in [2.75, 3.05) is 0 Å². The SMILES string of the molecule is Clc1ccc(OCc2csc3cccc(Cl)c23)cc1. The molecule has 3 rings (SSSR count). The third-order valence-corrected chi connectivity index (χ3v) is 4.40. The normalized spacial score (nSPS) is 10.8. The minimum absolute atomic E-state index is 0.505. The van der Waals surface area contributed by atoms with E-state index in [1.807, 2.05) is 36.4 Å². The highest BCUT2D eigenvalue weighted by Gasteiger charge is 2.08. The molecular formula is C15H10Cl2OS. The second kappa shape index (κ2) is 5.41. The van der Waals surface area contributed by atoms with Gasteiger partial charge in [0, 0.05) is 25.7 Å². The van der Waals surface area contributed by atoms with Crippen LogP contribution in [0.25, 0.3) is 10.1 Å². The average molecular weight is 309 g/mol. The fourth-order valence-electron chi connectivity index (χ4n) is 1.91. The van der Waals surface area contributed by atoms with Gasteiger partial charge in [0.15, 0.2) is 0 Å². The number of thiophene rings is 1. The summed E-state index contributed by atoms with van der Waals surface area (Å²) in [5.41, 5.74) is 1.11. The van der Waals surface area contributed by atoms with Gasteiger partial charge in [0.05, 0.1) is 0 Å². The van der Waals surface area contributed by atoms with Crippen LogP contribution in [-0.4, -0.2) is 0 Å². The van der Waals surface area contributed by atoms with Crippen LogP contribution in [0.15, 0.2) is 47.8 Å². The van der Waals surface area contributed by atoms with Crippen molar-refractivity contribution in [1.82, 2.24) is 0 Å². The predicted octanol–water partition coefficient (Wildman–Crippen LogP) is 5.79. The Labute approximate surface area is 125 Å². The van der Waals surface area contributed by atoms with Gasteiger partial charge < -0.3 is 4.74 Å². The molecule has 0 radical (unpaired) electrons. The Morgan fingerprint density at radius 3 is 2.58 bits per heavy atom. The summed E-state index contributed by atoms with van der Waals surface area (Å²) in [5, 5.41) is 4.65. The van der Waals surface area contributed by atoms with Crippen molar-refractivity contribution in [3.8, 4) is 5.75 Å². The maximum absolute atomic E-state index is 6.24. The van der Waals surface area contributed by atoms with E-state index in [0.29, 0.717) is 11.6 Å². The molecule has 0 N–H and O–H groups in total. The lowest BCUT2D eigenvalue weighted by atomic mass is 10.2. The minimum Gasteiger partial charge on any atom is -0.489 e. The molecule has 0 bridgehead atoms. The summed E-state index contributed by atoms with van der Waals surface area (Å²) >= 11 is 13.8. The van der Waals surface area contributed by atoms with Crippen molar-refractivity contribution in [2.45, 2.75) is 6.61 Å². The summed E-state index contributed by atoms with van der Waals surface area (Å²) in [7, 11) is 0. The third-order valence-electron chi connectivity index (χ3n) is 2.83. The Morgan fingerprint density at radius 2 is 1.79 bits per heavy atom. The molecule has 3 aromatic rings. The van der Waals surface area contributed by atoms with E-state index >= 15 is 0 Å². The topological polar surface area (TPSA) is 9.23 Å². The monoisotopic (exact) mass is 308 g/mol. The Bertz CT molecular complexity index is 704. The van der Waals surface area contributed by atoms with Gasteiger partial charge in [0.2, 0.25) is 0 Å². The molecule has 2 aromatic carbocycles. The zero-order chi connectivity index (χ0) is 13.2. The second-order valence-electron chi connectivity index (χ2n) is 4.12. The maximum atomic E-state index is 6.24. The number of hydrogen-bond donors (Lipinski definition) is 0. The van der Waals surface area contributed by atoms with Crippen molar-refractivity contribution in [3.63, 3.8) is 0 Å². The highest BCUT2D eigenvalue weighted by Crippen LogP contribution is 2.32. The molecule has 0 amide bonds. The van der Waals surface area contributed by atoms with Crippen LogP contribution in [-0.2, 0) is 6.61 Å². The zero-order valence-electron chi connectivity index (χ0n) is 9.90. The second-order valence-corrected chi connectivity index (χ2v) is 5.87. The van der Waals surface area contributed by atoms with Crippen LogP contribution in [0.5, 0.6) is 5.75 Å². The van der Waals surface area contributed by atoms with E-state index in [2.05, 4.69) is 11.4 Å². The van der Waals surface area contributed by atoms with Gasteiger partial charge in [0.1, 0.15) is 12.4 Å². The molecule has 1 heterocycles. The number of fused-ring (bicyclic) bond motifs is 1. The van der Waals surface area contributed by atoms with Crippen molar-refractivity contribution in [3.05, 3.63) is 63.5 Å². The molecule has 0 atom stereocenters. The molecule has 19 heavy (non-hydrogen) atoms. The van der Waals surface area contributed by atoms with Crippen LogP contribution >= 0.6 is 34.5 Å². The molecule has 0 aliphatic heterocycles. The fraction of sp³-hybridized carbons (Fsp3) is 0.0667. The Hall–Kier alpha value is -1.22. The quantitative estimate of drug-likeness (QED) is 0.595. The summed E-state index contributed by atoms with van der Waals surface area (Å²) in [6.45, 7) is 0.505. The smallest absolute Gasteiger partial charge is 0.119 e. The zero-order valence-corrected chi connectivity index (χ0v) is 12.2. The van der Waals surface area contributed by atoms with Gasteiger partial charge in [-0.15, -0.1) is 11.3 Å². The summed E-state index contributed by atoms with van der Waals surface area (Å²) in [6, 6.07) is 13.3. The summed E-state index contributed by atoms with van der Waals surface area (Å²) < 4.78 is 6.94. The van der Waals surface area contributed by atoms with E-state index in [1.165, 1.54) is 4.70 Å². The number of hydrogen-bond acceptors (Lipinski definition) is 2. The fourth-order valence-corrected chi connectivity index (χ4v) is 3.35. The van der Waals surface area contributed by atoms with Gasteiger partial charge in [-0.1, -0.05) is 29.3 Å². The first kappa shape index (κ1) is 12.8. The molecule has 1 nitrogen and oxygen atoms in total. The van der Waals surface area contributed by atoms with Crippen LogP contribution in [0.1, 0.15) is 5.56 Å². The molecule has 0 saturated heterocycles. The molecule has 4 heteroatoms. The maximum Gasteiger partial charge on any atom is 0.119 e.